The number of benzene rings is 1. The van der Waals surface area contributed by atoms with E-state index in [0.717, 1.165) is 31.0 Å². The molecular weight excluding hydrogens is 282 g/mol. The minimum absolute atomic E-state index is 0.777. The first-order valence-electron chi connectivity index (χ1n) is 7.21. The van der Waals surface area contributed by atoms with Crippen LogP contribution in [0.15, 0.2) is 23.6 Å². The summed E-state index contributed by atoms with van der Waals surface area (Å²) in [7, 11) is 3.36. The Bertz CT molecular complexity index is 592. The van der Waals surface area contributed by atoms with Crippen molar-refractivity contribution in [2.24, 2.45) is 0 Å². The van der Waals surface area contributed by atoms with E-state index >= 15 is 0 Å². The Labute approximate surface area is 130 Å². The van der Waals surface area contributed by atoms with E-state index in [1.807, 2.05) is 0 Å². The van der Waals surface area contributed by atoms with Gasteiger partial charge < -0.3 is 14.8 Å². The van der Waals surface area contributed by atoms with Gasteiger partial charge in [0.15, 0.2) is 11.5 Å². The van der Waals surface area contributed by atoms with Gasteiger partial charge in [0.2, 0.25) is 0 Å². The summed E-state index contributed by atoms with van der Waals surface area (Å²) in [6, 6.07) is 6.32. The van der Waals surface area contributed by atoms with Crippen LogP contribution in [0.3, 0.4) is 0 Å². The van der Waals surface area contributed by atoms with E-state index < -0.39 is 0 Å². The average Bonchev–Trinajstić information content (AvgIpc) is 2.93. The number of hydrogen-bond donors (Lipinski definition) is 1. The molecule has 0 radical (unpaired) electrons. The van der Waals surface area contributed by atoms with Crippen molar-refractivity contribution in [3.05, 3.63) is 34.7 Å². The predicted octanol–water partition coefficient (Wildman–Crippen LogP) is 4.24. The molecule has 0 saturated carbocycles. The molecule has 0 bridgehead atoms. The molecule has 0 spiro atoms. The number of aryl methyl sites for hydroxylation is 1. The monoisotopic (exact) mass is 305 g/mol. The van der Waals surface area contributed by atoms with Gasteiger partial charge in [0.25, 0.3) is 0 Å². The van der Waals surface area contributed by atoms with E-state index in [4.69, 9.17) is 9.47 Å². The highest BCUT2D eigenvalue weighted by Crippen LogP contribution is 2.39. The Balaban J connectivity index is 2.46. The number of rotatable bonds is 7. The lowest BCUT2D eigenvalue weighted by atomic mass is 10.0. The number of hydrogen-bond acceptors (Lipinski definition) is 4. The van der Waals surface area contributed by atoms with Gasteiger partial charge in [-0.05, 0) is 54.6 Å². The molecule has 114 valence electrons. The number of nitrogens with one attached hydrogen (secondary N) is 1. The smallest absolute Gasteiger partial charge is 0.161 e. The minimum atomic E-state index is 0.777. The zero-order valence-electron chi connectivity index (χ0n) is 13.2. The molecule has 21 heavy (non-hydrogen) atoms. The Hall–Kier alpha value is -1.52. The molecule has 1 heterocycles. The molecule has 0 aliphatic carbocycles. The Morgan fingerprint density at radius 2 is 1.86 bits per heavy atom. The third-order valence-electron chi connectivity index (χ3n) is 3.46. The van der Waals surface area contributed by atoms with Gasteiger partial charge in [-0.15, -0.1) is 11.3 Å². The second-order valence-corrected chi connectivity index (χ2v) is 5.89. The highest BCUT2D eigenvalue weighted by atomic mass is 32.1. The van der Waals surface area contributed by atoms with Crippen LogP contribution in [0.1, 0.15) is 24.5 Å². The third kappa shape index (κ3) is 3.57. The molecule has 1 aromatic heterocycles. The average molecular weight is 305 g/mol. The van der Waals surface area contributed by atoms with Crippen LogP contribution in [0.4, 0.5) is 0 Å². The molecule has 0 saturated heterocycles. The van der Waals surface area contributed by atoms with E-state index in [-0.39, 0.29) is 0 Å². The maximum Gasteiger partial charge on any atom is 0.161 e. The van der Waals surface area contributed by atoms with Crippen LogP contribution >= 0.6 is 11.3 Å². The fraction of sp³-hybridized carbons (Fsp3) is 0.412. The minimum Gasteiger partial charge on any atom is -0.493 e. The Kier molecular flexibility index (Phi) is 5.65. The highest BCUT2D eigenvalue weighted by Gasteiger charge is 2.14. The molecule has 2 aromatic rings. The molecular formula is C17H23NO2S. The molecule has 0 aliphatic heterocycles. The standard InChI is InChI=1S/C17H23NO2S/c1-5-7-18-11-13-9-15(19-3)16(20-4)10-14(13)17-12(2)6-8-21-17/h6,8-10,18H,5,7,11H2,1-4H3. The van der Waals surface area contributed by atoms with Gasteiger partial charge in [-0.1, -0.05) is 6.92 Å². The van der Waals surface area contributed by atoms with Gasteiger partial charge >= 0.3 is 0 Å². The lowest BCUT2D eigenvalue weighted by molar-refractivity contribution is 0.354. The van der Waals surface area contributed by atoms with Gasteiger partial charge in [0.05, 0.1) is 14.2 Å². The molecule has 4 heteroatoms. The van der Waals surface area contributed by atoms with Crippen LogP contribution in [0.25, 0.3) is 10.4 Å². The first kappa shape index (κ1) is 15.9. The molecule has 1 aromatic carbocycles. The number of ether oxygens (including phenoxy) is 2. The summed E-state index contributed by atoms with van der Waals surface area (Å²) in [5.41, 5.74) is 3.76. The van der Waals surface area contributed by atoms with Crippen molar-refractivity contribution in [3.8, 4) is 21.9 Å². The van der Waals surface area contributed by atoms with Crippen LogP contribution in [0.2, 0.25) is 0 Å². The quantitative estimate of drug-likeness (QED) is 0.776. The summed E-state index contributed by atoms with van der Waals surface area (Å²) in [5, 5.41) is 5.60. The lowest BCUT2D eigenvalue weighted by Crippen LogP contribution is -2.14. The normalized spacial score (nSPS) is 10.7. The van der Waals surface area contributed by atoms with Gasteiger partial charge in [0.1, 0.15) is 0 Å². The van der Waals surface area contributed by atoms with Crippen molar-refractivity contribution in [2.45, 2.75) is 26.8 Å². The summed E-state index contributed by atoms with van der Waals surface area (Å²) in [6.07, 6.45) is 1.13. The summed E-state index contributed by atoms with van der Waals surface area (Å²) >= 11 is 1.76. The predicted molar refractivity (Wildman–Crippen MR) is 89.6 cm³/mol. The molecule has 2 rings (SSSR count). The van der Waals surface area contributed by atoms with E-state index in [2.05, 4.69) is 42.7 Å². The summed E-state index contributed by atoms with van der Waals surface area (Å²) < 4.78 is 10.9. The van der Waals surface area contributed by atoms with Crippen molar-refractivity contribution >= 4 is 11.3 Å². The fourth-order valence-corrected chi connectivity index (χ4v) is 3.31. The molecule has 3 nitrogen and oxygen atoms in total. The summed E-state index contributed by atoms with van der Waals surface area (Å²) in [5.74, 6) is 1.56. The Morgan fingerprint density at radius 3 is 2.43 bits per heavy atom. The van der Waals surface area contributed by atoms with E-state index in [9.17, 15) is 0 Å². The van der Waals surface area contributed by atoms with E-state index in [0.29, 0.717) is 0 Å². The van der Waals surface area contributed by atoms with Crippen LogP contribution in [-0.2, 0) is 6.54 Å². The molecule has 1 N–H and O–H groups in total. The van der Waals surface area contributed by atoms with Crippen LogP contribution in [0, 0.1) is 6.92 Å². The summed E-state index contributed by atoms with van der Waals surface area (Å²) in [6.45, 7) is 6.16. The largest absolute Gasteiger partial charge is 0.493 e. The molecule has 0 aliphatic rings. The maximum absolute atomic E-state index is 5.45. The molecule has 0 fully saturated rings. The van der Waals surface area contributed by atoms with Crippen LogP contribution < -0.4 is 14.8 Å². The summed E-state index contributed by atoms with van der Waals surface area (Å²) in [4.78, 5) is 1.30. The van der Waals surface area contributed by atoms with Crippen molar-refractivity contribution in [1.82, 2.24) is 5.32 Å². The van der Waals surface area contributed by atoms with E-state index in [1.165, 1.54) is 21.6 Å². The van der Waals surface area contributed by atoms with Crippen molar-refractivity contribution in [2.75, 3.05) is 20.8 Å². The number of methoxy groups -OCH3 is 2. The van der Waals surface area contributed by atoms with Gasteiger partial charge in [0, 0.05) is 17.0 Å². The van der Waals surface area contributed by atoms with Gasteiger partial charge in [-0.25, -0.2) is 0 Å². The maximum atomic E-state index is 5.45. The fourth-order valence-electron chi connectivity index (χ4n) is 2.33. The molecule has 0 atom stereocenters. The zero-order chi connectivity index (χ0) is 15.2. The number of thiophene rings is 1. The van der Waals surface area contributed by atoms with Crippen LogP contribution in [-0.4, -0.2) is 20.8 Å². The third-order valence-corrected chi connectivity index (χ3v) is 4.51. The Morgan fingerprint density at radius 1 is 1.14 bits per heavy atom. The second-order valence-electron chi connectivity index (χ2n) is 4.97. The molecule has 0 unspecified atom stereocenters. The van der Waals surface area contributed by atoms with Crippen molar-refractivity contribution < 1.29 is 9.47 Å². The highest BCUT2D eigenvalue weighted by molar-refractivity contribution is 7.13. The van der Waals surface area contributed by atoms with Crippen molar-refractivity contribution in [1.29, 1.82) is 0 Å². The van der Waals surface area contributed by atoms with Gasteiger partial charge in [-0.3, -0.25) is 0 Å². The SMILES string of the molecule is CCCNCc1cc(OC)c(OC)cc1-c1sccc1C. The van der Waals surface area contributed by atoms with Gasteiger partial charge in [-0.2, -0.15) is 0 Å². The van der Waals surface area contributed by atoms with Crippen LogP contribution in [0.5, 0.6) is 11.5 Å². The zero-order valence-corrected chi connectivity index (χ0v) is 14.0. The van der Waals surface area contributed by atoms with E-state index in [1.54, 1.807) is 25.6 Å². The van der Waals surface area contributed by atoms with Crippen molar-refractivity contribution in [3.63, 3.8) is 0 Å². The second kappa shape index (κ2) is 7.48. The first-order valence-corrected chi connectivity index (χ1v) is 8.09. The topological polar surface area (TPSA) is 30.5 Å². The lowest BCUT2D eigenvalue weighted by Gasteiger charge is -2.15. The molecule has 0 amide bonds. The first-order chi connectivity index (χ1) is 10.2.